The van der Waals surface area contributed by atoms with Crippen LogP contribution in [0.25, 0.3) is 0 Å². The second-order valence-corrected chi connectivity index (χ2v) is 6.35. The summed E-state index contributed by atoms with van der Waals surface area (Å²) < 4.78 is 6.32. The molecule has 2 aromatic rings. The van der Waals surface area contributed by atoms with Gasteiger partial charge in [0.2, 0.25) is 0 Å². The summed E-state index contributed by atoms with van der Waals surface area (Å²) in [4.78, 5) is 20.5. The van der Waals surface area contributed by atoms with Crippen molar-refractivity contribution >= 4 is 5.91 Å². The van der Waals surface area contributed by atoms with Gasteiger partial charge in [-0.15, -0.1) is 0 Å². The Balaban J connectivity index is 1.63. The van der Waals surface area contributed by atoms with Crippen molar-refractivity contribution < 1.29 is 9.53 Å². The third kappa shape index (κ3) is 2.67. The van der Waals surface area contributed by atoms with E-state index in [2.05, 4.69) is 15.3 Å². The van der Waals surface area contributed by atoms with Crippen LogP contribution in [0.5, 0.6) is 5.75 Å². The van der Waals surface area contributed by atoms with Gasteiger partial charge < -0.3 is 10.1 Å². The molecule has 4 rings (SSSR count). The molecule has 118 valence electrons. The number of ether oxygens (including phenoxy) is 1. The van der Waals surface area contributed by atoms with Gasteiger partial charge in [-0.1, -0.05) is 18.2 Å². The molecule has 1 aromatic heterocycles. The third-order valence-corrected chi connectivity index (χ3v) is 4.81. The van der Waals surface area contributed by atoms with Gasteiger partial charge in [0, 0.05) is 24.4 Å². The highest BCUT2D eigenvalue weighted by molar-refractivity contribution is 5.92. The number of rotatable bonds is 2. The fraction of sp³-hybridized carbons (Fsp3) is 0.389. The van der Waals surface area contributed by atoms with Crippen LogP contribution < -0.4 is 10.1 Å². The summed E-state index contributed by atoms with van der Waals surface area (Å²) in [5.41, 5.74) is 1.26. The lowest BCUT2D eigenvalue weighted by Crippen LogP contribution is -2.43. The standard InChI is InChI=1S/C18H19N3O2/c22-17(15-12-19-9-10-20-15)21-14-11-18(7-3-4-8-18)23-16-6-2-1-5-13(14)16/h1-2,5-6,9-10,12,14H,3-4,7-8,11H2,(H,21,22)/t14-/m1/s1. The third-order valence-electron chi connectivity index (χ3n) is 4.81. The topological polar surface area (TPSA) is 64.1 Å². The summed E-state index contributed by atoms with van der Waals surface area (Å²) in [6.07, 6.45) is 9.89. The lowest BCUT2D eigenvalue weighted by Gasteiger charge is -2.40. The van der Waals surface area contributed by atoms with Crippen LogP contribution in [0.1, 0.15) is 54.2 Å². The Morgan fingerprint density at radius 1 is 1.22 bits per heavy atom. The molecule has 2 heterocycles. The smallest absolute Gasteiger partial charge is 0.271 e. The van der Waals surface area contributed by atoms with E-state index in [1.165, 1.54) is 25.2 Å². The summed E-state index contributed by atoms with van der Waals surface area (Å²) in [7, 11) is 0. The Morgan fingerprint density at radius 3 is 2.83 bits per heavy atom. The predicted octanol–water partition coefficient (Wildman–Crippen LogP) is 3.04. The van der Waals surface area contributed by atoms with E-state index in [1.54, 1.807) is 6.20 Å². The van der Waals surface area contributed by atoms with Crippen molar-refractivity contribution in [3.63, 3.8) is 0 Å². The number of amides is 1. The molecule has 1 amide bonds. The first-order valence-electron chi connectivity index (χ1n) is 8.11. The monoisotopic (exact) mass is 309 g/mol. The van der Waals surface area contributed by atoms with Gasteiger partial charge in [-0.05, 0) is 31.7 Å². The highest BCUT2D eigenvalue weighted by Crippen LogP contribution is 2.46. The van der Waals surface area contributed by atoms with Crippen LogP contribution in [0.3, 0.4) is 0 Å². The molecule has 1 saturated carbocycles. The molecule has 2 aliphatic rings. The average Bonchev–Trinajstić information content (AvgIpc) is 3.03. The Morgan fingerprint density at radius 2 is 2.04 bits per heavy atom. The van der Waals surface area contributed by atoms with Crippen LogP contribution >= 0.6 is 0 Å². The molecule has 0 bridgehead atoms. The first-order chi connectivity index (χ1) is 11.3. The van der Waals surface area contributed by atoms with E-state index in [0.29, 0.717) is 5.69 Å². The molecule has 1 aliphatic heterocycles. The Bertz CT molecular complexity index is 711. The number of benzene rings is 1. The zero-order valence-electron chi connectivity index (χ0n) is 12.9. The molecular weight excluding hydrogens is 290 g/mol. The van der Waals surface area contributed by atoms with Gasteiger partial charge in [0.05, 0.1) is 12.2 Å². The number of hydrogen-bond donors (Lipinski definition) is 1. The van der Waals surface area contributed by atoms with Crippen molar-refractivity contribution in [1.82, 2.24) is 15.3 Å². The molecule has 1 fully saturated rings. The zero-order valence-corrected chi connectivity index (χ0v) is 12.9. The summed E-state index contributed by atoms with van der Waals surface area (Å²) in [5, 5.41) is 3.12. The van der Waals surface area contributed by atoms with Crippen LogP contribution in [0.4, 0.5) is 0 Å². The van der Waals surface area contributed by atoms with E-state index < -0.39 is 0 Å². The fourth-order valence-corrected chi connectivity index (χ4v) is 3.72. The number of aromatic nitrogens is 2. The number of carbonyl (C=O) groups excluding carboxylic acids is 1. The van der Waals surface area contributed by atoms with E-state index in [0.717, 1.165) is 30.6 Å². The molecule has 0 unspecified atom stereocenters. The van der Waals surface area contributed by atoms with E-state index in [4.69, 9.17) is 4.74 Å². The van der Waals surface area contributed by atoms with Crippen molar-refractivity contribution in [2.45, 2.75) is 43.7 Å². The van der Waals surface area contributed by atoms with Gasteiger partial charge in [0.1, 0.15) is 17.0 Å². The predicted molar refractivity (Wildman–Crippen MR) is 85.1 cm³/mol. The molecule has 23 heavy (non-hydrogen) atoms. The van der Waals surface area contributed by atoms with Crippen molar-refractivity contribution in [3.8, 4) is 5.75 Å². The van der Waals surface area contributed by atoms with Gasteiger partial charge in [-0.3, -0.25) is 9.78 Å². The minimum atomic E-state index is -0.187. The SMILES string of the molecule is O=C(N[C@@H]1CC2(CCCC2)Oc2ccccc21)c1cnccn1. The Kier molecular flexibility index (Phi) is 3.48. The largest absolute Gasteiger partial charge is 0.487 e. The molecule has 1 N–H and O–H groups in total. The number of nitrogens with zero attached hydrogens (tertiary/aromatic N) is 2. The number of para-hydroxylation sites is 1. The number of nitrogens with one attached hydrogen (secondary N) is 1. The van der Waals surface area contributed by atoms with Crippen molar-refractivity contribution in [2.75, 3.05) is 0 Å². The highest BCUT2D eigenvalue weighted by atomic mass is 16.5. The maximum Gasteiger partial charge on any atom is 0.271 e. The van der Waals surface area contributed by atoms with Gasteiger partial charge in [0.25, 0.3) is 5.91 Å². The first-order valence-corrected chi connectivity index (χ1v) is 8.11. The van der Waals surface area contributed by atoms with Crippen LogP contribution in [0.15, 0.2) is 42.9 Å². The van der Waals surface area contributed by atoms with Gasteiger partial charge in [0.15, 0.2) is 0 Å². The second kappa shape index (κ2) is 5.65. The van der Waals surface area contributed by atoms with Gasteiger partial charge >= 0.3 is 0 Å². The first kappa shape index (κ1) is 14.2. The van der Waals surface area contributed by atoms with E-state index in [9.17, 15) is 4.79 Å². The minimum Gasteiger partial charge on any atom is -0.487 e. The maximum atomic E-state index is 12.5. The van der Waals surface area contributed by atoms with Crippen molar-refractivity contribution in [3.05, 3.63) is 54.1 Å². The van der Waals surface area contributed by atoms with E-state index in [-0.39, 0.29) is 17.6 Å². The molecular formula is C18H19N3O2. The summed E-state index contributed by atoms with van der Waals surface area (Å²) >= 11 is 0. The maximum absolute atomic E-state index is 12.5. The Hall–Kier alpha value is -2.43. The average molecular weight is 309 g/mol. The minimum absolute atomic E-state index is 0.0486. The van der Waals surface area contributed by atoms with Crippen LogP contribution in [0, 0.1) is 0 Å². The van der Waals surface area contributed by atoms with Crippen molar-refractivity contribution in [1.29, 1.82) is 0 Å². The van der Waals surface area contributed by atoms with E-state index >= 15 is 0 Å². The van der Waals surface area contributed by atoms with Gasteiger partial charge in [-0.2, -0.15) is 0 Å². The number of carbonyl (C=O) groups is 1. The lowest BCUT2D eigenvalue weighted by atomic mass is 9.86. The molecule has 1 aliphatic carbocycles. The molecule has 5 nitrogen and oxygen atoms in total. The molecule has 1 aromatic carbocycles. The molecule has 5 heteroatoms. The van der Waals surface area contributed by atoms with Crippen LogP contribution in [-0.2, 0) is 0 Å². The number of fused-ring (bicyclic) bond motifs is 1. The Labute approximate surface area is 135 Å². The highest BCUT2D eigenvalue weighted by Gasteiger charge is 2.43. The van der Waals surface area contributed by atoms with Crippen LogP contribution in [-0.4, -0.2) is 21.5 Å². The molecule has 0 saturated heterocycles. The normalized spacial score (nSPS) is 21.5. The molecule has 0 radical (unpaired) electrons. The van der Waals surface area contributed by atoms with Crippen molar-refractivity contribution in [2.24, 2.45) is 0 Å². The quantitative estimate of drug-likeness (QED) is 0.926. The lowest BCUT2D eigenvalue weighted by molar-refractivity contribution is 0.0360. The number of hydrogen-bond acceptors (Lipinski definition) is 4. The summed E-state index contributed by atoms with van der Waals surface area (Å²) in [5.74, 6) is 0.707. The zero-order chi connectivity index (χ0) is 15.7. The summed E-state index contributed by atoms with van der Waals surface area (Å²) in [6, 6.07) is 7.94. The molecule has 1 spiro atoms. The summed E-state index contributed by atoms with van der Waals surface area (Å²) in [6.45, 7) is 0. The van der Waals surface area contributed by atoms with Crippen LogP contribution in [0.2, 0.25) is 0 Å². The molecule has 1 atom stereocenters. The fourth-order valence-electron chi connectivity index (χ4n) is 3.72. The van der Waals surface area contributed by atoms with Gasteiger partial charge in [-0.25, -0.2) is 4.98 Å². The second-order valence-electron chi connectivity index (χ2n) is 6.35. The van der Waals surface area contributed by atoms with E-state index in [1.807, 2.05) is 24.3 Å².